The smallest absolute Gasteiger partial charge is 0.329 e. The van der Waals surface area contributed by atoms with Crippen molar-refractivity contribution in [2.75, 3.05) is 32.7 Å². The molecule has 3 nitrogen and oxygen atoms in total. The molecule has 0 aromatic carbocycles. The minimum atomic E-state index is -4.12. The number of hydrogen-bond donors (Lipinski definition) is 2. The van der Waals surface area contributed by atoms with E-state index in [4.69, 9.17) is 5.73 Å². The van der Waals surface area contributed by atoms with E-state index in [-0.39, 0.29) is 6.04 Å². The molecule has 2 aliphatic rings. The maximum Gasteiger partial charge on any atom is 0.401 e. The van der Waals surface area contributed by atoms with Gasteiger partial charge in [0, 0.05) is 32.2 Å². The van der Waals surface area contributed by atoms with Crippen LogP contribution >= 0.6 is 0 Å². The average Bonchev–Trinajstić information content (AvgIpc) is 3.10. The largest absolute Gasteiger partial charge is 0.401 e. The lowest BCUT2D eigenvalue weighted by molar-refractivity contribution is -0.127. The molecule has 3 N–H and O–H groups in total. The molecule has 0 aromatic rings. The first-order chi connectivity index (χ1) is 8.96. The molecule has 0 amide bonds. The van der Waals surface area contributed by atoms with Crippen molar-refractivity contribution in [1.82, 2.24) is 10.2 Å². The van der Waals surface area contributed by atoms with Crippen molar-refractivity contribution in [3.05, 3.63) is 0 Å². The van der Waals surface area contributed by atoms with Gasteiger partial charge in [-0.2, -0.15) is 13.2 Å². The second-order valence-corrected chi connectivity index (χ2v) is 6.02. The van der Waals surface area contributed by atoms with Gasteiger partial charge in [-0.1, -0.05) is 12.8 Å². The van der Waals surface area contributed by atoms with Gasteiger partial charge in [-0.25, -0.2) is 0 Å². The number of piperidine rings is 1. The van der Waals surface area contributed by atoms with E-state index in [1.807, 2.05) is 0 Å². The molecule has 2 rings (SSSR count). The quantitative estimate of drug-likeness (QED) is 0.776. The molecule has 19 heavy (non-hydrogen) atoms. The standard InChI is InChI=1S/C13H24F3N3/c14-13(15,16)9-18-12-6-11(5-10-1-2-10)7-19(8-12)4-3-17/h10-12,18H,1-9,17H2. The fraction of sp³-hybridized carbons (Fsp3) is 1.00. The monoisotopic (exact) mass is 279 g/mol. The first-order valence-electron chi connectivity index (χ1n) is 7.19. The highest BCUT2D eigenvalue weighted by atomic mass is 19.4. The molecule has 1 aliphatic carbocycles. The summed E-state index contributed by atoms with van der Waals surface area (Å²) in [6.45, 7) is 2.16. The highest BCUT2D eigenvalue weighted by Gasteiger charge is 2.34. The first-order valence-corrected chi connectivity index (χ1v) is 7.19. The summed E-state index contributed by atoms with van der Waals surface area (Å²) in [6.07, 6.45) is 0.517. The molecule has 2 unspecified atom stereocenters. The minimum Gasteiger partial charge on any atom is -0.329 e. The van der Waals surface area contributed by atoms with Crippen LogP contribution in [0.1, 0.15) is 25.7 Å². The van der Waals surface area contributed by atoms with Crippen LogP contribution in [0.3, 0.4) is 0 Å². The fourth-order valence-electron chi connectivity index (χ4n) is 3.07. The summed E-state index contributed by atoms with van der Waals surface area (Å²) < 4.78 is 36.8. The summed E-state index contributed by atoms with van der Waals surface area (Å²) in [4.78, 5) is 2.21. The van der Waals surface area contributed by atoms with E-state index in [2.05, 4.69) is 10.2 Å². The molecule has 2 atom stereocenters. The molecular weight excluding hydrogens is 255 g/mol. The lowest BCUT2D eigenvalue weighted by atomic mass is 9.89. The SMILES string of the molecule is NCCN1CC(CC2CC2)CC(NCC(F)(F)F)C1. The zero-order chi connectivity index (χ0) is 13.9. The van der Waals surface area contributed by atoms with Gasteiger partial charge < -0.3 is 16.0 Å². The number of hydrogen-bond acceptors (Lipinski definition) is 3. The van der Waals surface area contributed by atoms with Crippen molar-refractivity contribution in [3.8, 4) is 0 Å². The van der Waals surface area contributed by atoms with E-state index >= 15 is 0 Å². The Bertz CT molecular complexity index is 279. The predicted octanol–water partition coefficient (Wildman–Crippen LogP) is 1.59. The summed E-state index contributed by atoms with van der Waals surface area (Å²) in [5.41, 5.74) is 5.56. The minimum absolute atomic E-state index is 0.0503. The number of halogens is 3. The van der Waals surface area contributed by atoms with Crippen molar-refractivity contribution >= 4 is 0 Å². The van der Waals surface area contributed by atoms with Crippen LogP contribution in [0.25, 0.3) is 0 Å². The number of rotatable bonds is 6. The van der Waals surface area contributed by atoms with Crippen LogP contribution in [0.4, 0.5) is 13.2 Å². The number of likely N-dealkylation sites (tertiary alicyclic amines) is 1. The number of nitrogens with one attached hydrogen (secondary N) is 1. The Hall–Kier alpha value is -0.330. The summed E-state index contributed by atoms with van der Waals surface area (Å²) >= 11 is 0. The highest BCUT2D eigenvalue weighted by molar-refractivity contribution is 4.87. The third-order valence-electron chi connectivity index (χ3n) is 4.01. The van der Waals surface area contributed by atoms with Crippen LogP contribution < -0.4 is 11.1 Å². The lowest BCUT2D eigenvalue weighted by Gasteiger charge is -2.38. The van der Waals surface area contributed by atoms with Gasteiger partial charge in [-0.15, -0.1) is 0 Å². The molecular formula is C13H24F3N3. The van der Waals surface area contributed by atoms with Gasteiger partial charge in [0.1, 0.15) is 0 Å². The topological polar surface area (TPSA) is 41.3 Å². The molecule has 0 aromatic heterocycles. The molecule has 0 radical (unpaired) electrons. The number of nitrogens with two attached hydrogens (primary N) is 1. The van der Waals surface area contributed by atoms with Gasteiger partial charge in [0.2, 0.25) is 0 Å². The van der Waals surface area contributed by atoms with Crippen LogP contribution in [-0.4, -0.2) is 49.8 Å². The van der Waals surface area contributed by atoms with Crippen molar-refractivity contribution in [3.63, 3.8) is 0 Å². The first kappa shape index (κ1) is 15.1. The molecule has 6 heteroatoms. The van der Waals surface area contributed by atoms with Gasteiger partial charge in [0.05, 0.1) is 6.54 Å². The maximum absolute atomic E-state index is 12.3. The Kier molecular flexibility index (Phi) is 5.09. The van der Waals surface area contributed by atoms with E-state index in [0.717, 1.165) is 25.4 Å². The number of nitrogens with zero attached hydrogens (tertiary/aromatic N) is 1. The van der Waals surface area contributed by atoms with Crippen molar-refractivity contribution in [1.29, 1.82) is 0 Å². The zero-order valence-corrected chi connectivity index (χ0v) is 11.3. The Labute approximate surface area is 112 Å². The second-order valence-electron chi connectivity index (χ2n) is 6.02. The van der Waals surface area contributed by atoms with Crippen molar-refractivity contribution < 1.29 is 13.2 Å². The lowest BCUT2D eigenvalue weighted by Crippen LogP contribution is -2.52. The predicted molar refractivity (Wildman–Crippen MR) is 68.8 cm³/mol. The zero-order valence-electron chi connectivity index (χ0n) is 11.3. The molecule has 1 saturated carbocycles. The summed E-state index contributed by atoms with van der Waals surface area (Å²) in [7, 11) is 0. The average molecular weight is 279 g/mol. The second kappa shape index (κ2) is 6.41. The van der Waals surface area contributed by atoms with E-state index in [1.54, 1.807) is 0 Å². The highest BCUT2D eigenvalue weighted by Crippen LogP contribution is 2.37. The molecule has 2 fully saturated rings. The Morgan fingerprint density at radius 2 is 1.89 bits per heavy atom. The third-order valence-corrected chi connectivity index (χ3v) is 4.01. The molecule has 1 heterocycles. The van der Waals surface area contributed by atoms with E-state index in [0.29, 0.717) is 19.0 Å². The molecule has 1 saturated heterocycles. The van der Waals surface area contributed by atoms with Crippen molar-refractivity contribution in [2.45, 2.75) is 37.9 Å². The molecule has 112 valence electrons. The Morgan fingerprint density at radius 3 is 2.47 bits per heavy atom. The van der Waals surface area contributed by atoms with E-state index in [9.17, 15) is 13.2 Å². The van der Waals surface area contributed by atoms with E-state index in [1.165, 1.54) is 19.3 Å². The number of alkyl halides is 3. The molecule has 0 spiro atoms. The van der Waals surface area contributed by atoms with Crippen molar-refractivity contribution in [2.24, 2.45) is 17.6 Å². The van der Waals surface area contributed by atoms with Gasteiger partial charge >= 0.3 is 6.18 Å². The van der Waals surface area contributed by atoms with Crippen LogP contribution in [-0.2, 0) is 0 Å². The fourth-order valence-corrected chi connectivity index (χ4v) is 3.07. The van der Waals surface area contributed by atoms with Gasteiger partial charge in [-0.05, 0) is 24.7 Å². The van der Waals surface area contributed by atoms with Crippen LogP contribution in [0.15, 0.2) is 0 Å². The van der Waals surface area contributed by atoms with Crippen LogP contribution in [0.5, 0.6) is 0 Å². The molecule has 1 aliphatic heterocycles. The maximum atomic E-state index is 12.3. The van der Waals surface area contributed by atoms with Gasteiger partial charge in [0.25, 0.3) is 0 Å². The van der Waals surface area contributed by atoms with Crippen LogP contribution in [0.2, 0.25) is 0 Å². The van der Waals surface area contributed by atoms with Gasteiger partial charge in [-0.3, -0.25) is 0 Å². The van der Waals surface area contributed by atoms with E-state index < -0.39 is 12.7 Å². The Balaban J connectivity index is 1.82. The summed E-state index contributed by atoms with van der Waals surface area (Å²) in [5, 5.41) is 2.67. The van der Waals surface area contributed by atoms with Crippen LogP contribution in [0, 0.1) is 11.8 Å². The third kappa shape index (κ3) is 5.67. The Morgan fingerprint density at radius 1 is 1.16 bits per heavy atom. The normalized spacial score (nSPS) is 29.7. The molecule has 0 bridgehead atoms. The summed E-state index contributed by atoms with van der Waals surface area (Å²) in [6, 6.07) is -0.0503. The summed E-state index contributed by atoms with van der Waals surface area (Å²) in [5.74, 6) is 1.35. The van der Waals surface area contributed by atoms with Gasteiger partial charge in [0.15, 0.2) is 0 Å².